The first-order chi connectivity index (χ1) is 12.7. The number of amides is 2. The maximum Gasteiger partial charge on any atom is 0.326 e. The lowest BCUT2D eigenvalue weighted by Gasteiger charge is -2.29. The molecule has 10 heteroatoms. The quantitative estimate of drug-likeness (QED) is 0.182. The molecule has 0 bridgehead atoms. The summed E-state index contributed by atoms with van der Waals surface area (Å²) in [4.78, 5) is 41.9. The van der Waals surface area contributed by atoms with Crippen LogP contribution in [0.2, 0.25) is 0 Å². The predicted molar refractivity (Wildman–Crippen MR) is 102 cm³/mol. The van der Waals surface area contributed by atoms with Gasteiger partial charge in [0.1, 0.15) is 12.1 Å². The van der Waals surface area contributed by atoms with Gasteiger partial charge < -0.3 is 32.5 Å². The lowest BCUT2D eigenvalue weighted by atomic mass is 9.98. The molecule has 1 heterocycles. The van der Waals surface area contributed by atoms with Crippen molar-refractivity contribution >= 4 is 23.7 Å². The fourth-order valence-electron chi connectivity index (χ4n) is 3.02. The Balaban J connectivity index is 2.70. The van der Waals surface area contributed by atoms with Crippen LogP contribution in [-0.2, 0) is 14.4 Å². The fourth-order valence-corrected chi connectivity index (χ4v) is 3.02. The minimum atomic E-state index is -1.14. The van der Waals surface area contributed by atoms with E-state index in [0.717, 1.165) is 6.42 Å². The van der Waals surface area contributed by atoms with Crippen molar-refractivity contribution in [3.63, 3.8) is 0 Å². The topological polar surface area (TPSA) is 177 Å². The maximum absolute atomic E-state index is 12.6. The third kappa shape index (κ3) is 6.70. The molecule has 4 atom stereocenters. The monoisotopic (exact) mass is 384 g/mol. The standard InChI is InChI=1S/C17H32N6O4/c1-3-10(2)13(18)15(25)23-9-5-7-12(23)14(24)22-11(16(26)27)6-4-8-21-17(19)20/h10-13H,3-9,18H2,1-2H3,(H,22,24)(H,26,27)(H4,19,20,21)/t10-,11+,12+,13-/m1/s1. The number of guanidine groups is 1. The van der Waals surface area contributed by atoms with Crippen LogP contribution in [0.1, 0.15) is 46.0 Å². The Labute approximate surface area is 159 Å². The second kappa shape index (κ2) is 10.7. The third-order valence-corrected chi connectivity index (χ3v) is 4.94. The average molecular weight is 384 g/mol. The molecule has 1 rings (SSSR count). The zero-order valence-electron chi connectivity index (χ0n) is 16.1. The summed E-state index contributed by atoms with van der Waals surface area (Å²) >= 11 is 0. The van der Waals surface area contributed by atoms with Crippen LogP contribution in [-0.4, -0.2) is 65.0 Å². The summed E-state index contributed by atoms with van der Waals surface area (Å²) in [5, 5.41) is 11.9. The van der Waals surface area contributed by atoms with E-state index in [1.54, 1.807) is 0 Å². The first-order valence-electron chi connectivity index (χ1n) is 9.33. The van der Waals surface area contributed by atoms with E-state index in [0.29, 0.717) is 25.8 Å². The first-order valence-corrected chi connectivity index (χ1v) is 9.33. The van der Waals surface area contributed by atoms with Crippen molar-refractivity contribution in [2.75, 3.05) is 13.1 Å². The van der Waals surface area contributed by atoms with Crippen molar-refractivity contribution < 1.29 is 19.5 Å². The van der Waals surface area contributed by atoms with Gasteiger partial charge in [-0.25, -0.2) is 4.79 Å². The van der Waals surface area contributed by atoms with Gasteiger partial charge in [-0.1, -0.05) is 20.3 Å². The molecule has 0 saturated carbocycles. The summed E-state index contributed by atoms with van der Waals surface area (Å²) in [6.45, 7) is 4.57. The van der Waals surface area contributed by atoms with Crippen LogP contribution < -0.4 is 22.5 Å². The number of rotatable bonds is 10. The number of nitrogens with zero attached hydrogens (tertiary/aromatic N) is 2. The highest BCUT2D eigenvalue weighted by molar-refractivity contribution is 5.92. The van der Waals surface area contributed by atoms with Crippen molar-refractivity contribution in [1.82, 2.24) is 10.2 Å². The van der Waals surface area contributed by atoms with E-state index in [-0.39, 0.29) is 30.8 Å². The van der Waals surface area contributed by atoms with Gasteiger partial charge in [0.2, 0.25) is 11.8 Å². The zero-order chi connectivity index (χ0) is 20.6. The second-order valence-corrected chi connectivity index (χ2v) is 6.95. The minimum absolute atomic E-state index is 0.00381. The highest BCUT2D eigenvalue weighted by atomic mass is 16.4. The molecule has 0 spiro atoms. The summed E-state index contributed by atoms with van der Waals surface area (Å²) in [5.74, 6) is -1.93. The van der Waals surface area contributed by atoms with Crippen molar-refractivity contribution in [3.8, 4) is 0 Å². The van der Waals surface area contributed by atoms with Gasteiger partial charge in [0, 0.05) is 13.1 Å². The number of carbonyl (C=O) groups excluding carboxylic acids is 2. The maximum atomic E-state index is 12.6. The van der Waals surface area contributed by atoms with Crippen LogP contribution in [0.25, 0.3) is 0 Å². The number of likely N-dealkylation sites (tertiary alicyclic amines) is 1. The molecule has 0 aromatic carbocycles. The Hall–Kier alpha value is -2.36. The van der Waals surface area contributed by atoms with Gasteiger partial charge in [-0.15, -0.1) is 0 Å². The molecule has 0 aromatic heterocycles. The normalized spacial score (nSPS) is 19.8. The Bertz CT molecular complexity index is 564. The molecule has 27 heavy (non-hydrogen) atoms. The van der Waals surface area contributed by atoms with E-state index in [1.165, 1.54) is 4.90 Å². The number of aliphatic carboxylic acids is 1. The van der Waals surface area contributed by atoms with Crippen LogP contribution in [0, 0.1) is 5.92 Å². The lowest BCUT2D eigenvalue weighted by molar-refractivity contribution is -0.144. The number of hydrogen-bond acceptors (Lipinski definition) is 5. The minimum Gasteiger partial charge on any atom is -0.480 e. The molecule has 0 unspecified atom stereocenters. The van der Waals surface area contributed by atoms with E-state index < -0.39 is 30.0 Å². The Kier molecular flexibility index (Phi) is 8.99. The van der Waals surface area contributed by atoms with Crippen molar-refractivity contribution in [3.05, 3.63) is 0 Å². The Morgan fingerprint density at radius 2 is 2.00 bits per heavy atom. The number of nitrogens with two attached hydrogens (primary N) is 3. The van der Waals surface area contributed by atoms with Gasteiger partial charge in [0.05, 0.1) is 6.04 Å². The molecule has 0 radical (unpaired) electrons. The van der Waals surface area contributed by atoms with E-state index in [2.05, 4.69) is 10.3 Å². The van der Waals surface area contributed by atoms with Crippen LogP contribution in [0.15, 0.2) is 4.99 Å². The largest absolute Gasteiger partial charge is 0.480 e. The van der Waals surface area contributed by atoms with E-state index in [4.69, 9.17) is 17.2 Å². The fraction of sp³-hybridized carbons (Fsp3) is 0.765. The highest BCUT2D eigenvalue weighted by Crippen LogP contribution is 2.21. The van der Waals surface area contributed by atoms with E-state index in [1.807, 2.05) is 13.8 Å². The second-order valence-electron chi connectivity index (χ2n) is 6.95. The summed E-state index contributed by atoms with van der Waals surface area (Å²) < 4.78 is 0. The van der Waals surface area contributed by atoms with Gasteiger partial charge in [0.15, 0.2) is 5.96 Å². The molecule has 1 saturated heterocycles. The molecule has 1 aliphatic heterocycles. The van der Waals surface area contributed by atoms with Gasteiger partial charge >= 0.3 is 5.97 Å². The van der Waals surface area contributed by atoms with Crippen molar-refractivity contribution in [2.45, 2.75) is 64.1 Å². The summed E-state index contributed by atoms with van der Waals surface area (Å²) in [5.41, 5.74) is 16.5. The average Bonchev–Trinajstić information content (AvgIpc) is 3.11. The summed E-state index contributed by atoms with van der Waals surface area (Å²) in [6.07, 6.45) is 2.52. The Morgan fingerprint density at radius 3 is 2.56 bits per heavy atom. The lowest BCUT2D eigenvalue weighted by Crippen LogP contribution is -2.55. The van der Waals surface area contributed by atoms with Crippen molar-refractivity contribution in [1.29, 1.82) is 0 Å². The molecule has 1 aliphatic rings. The van der Waals surface area contributed by atoms with E-state index in [9.17, 15) is 19.5 Å². The molecule has 2 amide bonds. The summed E-state index contributed by atoms with van der Waals surface area (Å²) in [7, 11) is 0. The molecule has 10 nitrogen and oxygen atoms in total. The van der Waals surface area contributed by atoms with Crippen LogP contribution in [0.3, 0.4) is 0 Å². The number of aliphatic imine (C=N–C) groups is 1. The number of hydrogen-bond donors (Lipinski definition) is 5. The third-order valence-electron chi connectivity index (χ3n) is 4.94. The summed E-state index contributed by atoms with van der Waals surface area (Å²) in [6, 6.07) is -2.42. The number of carboxylic acids is 1. The SMILES string of the molecule is CC[C@@H](C)[C@@H](N)C(=O)N1CCC[C@H]1C(=O)N[C@@H](CCCN=C(N)N)C(=O)O. The molecular weight excluding hydrogens is 352 g/mol. The van der Waals surface area contributed by atoms with Gasteiger partial charge in [-0.2, -0.15) is 0 Å². The number of carbonyl (C=O) groups is 3. The molecule has 8 N–H and O–H groups in total. The van der Waals surface area contributed by atoms with Crippen molar-refractivity contribution in [2.24, 2.45) is 28.1 Å². The first kappa shape index (κ1) is 22.7. The number of nitrogens with one attached hydrogen (secondary N) is 1. The molecule has 0 aliphatic carbocycles. The zero-order valence-corrected chi connectivity index (χ0v) is 16.1. The van der Waals surface area contributed by atoms with Gasteiger partial charge in [0.25, 0.3) is 0 Å². The van der Waals surface area contributed by atoms with E-state index >= 15 is 0 Å². The predicted octanol–water partition coefficient (Wildman–Crippen LogP) is -1.03. The van der Waals surface area contributed by atoms with Crippen LogP contribution in [0.5, 0.6) is 0 Å². The number of carboxylic acid groups (broad SMARTS) is 1. The smallest absolute Gasteiger partial charge is 0.326 e. The Morgan fingerprint density at radius 1 is 1.33 bits per heavy atom. The van der Waals surface area contributed by atoms with Gasteiger partial charge in [-0.05, 0) is 31.6 Å². The van der Waals surface area contributed by atoms with Crippen LogP contribution in [0.4, 0.5) is 0 Å². The van der Waals surface area contributed by atoms with Crippen LogP contribution >= 0.6 is 0 Å². The highest BCUT2D eigenvalue weighted by Gasteiger charge is 2.38. The molecule has 0 aromatic rings. The molecule has 1 fully saturated rings. The van der Waals surface area contributed by atoms with Gasteiger partial charge in [-0.3, -0.25) is 14.6 Å². The molecular formula is C17H32N6O4. The molecule has 154 valence electrons.